The van der Waals surface area contributed by atoms with Gasteiger partial charge in [0.2, 0.25) is 0 Å². The number of carbonyl (C=O) groups is 1. The molecule has 5 nitrogen and oxygen atoms in total. The van der Waals surface area contributed by atoms with Crippen molar-refractivity contribution < 1.29 is 14.6 Å². The first-order valence-corrected chi connectivity index (χ1v) is 7.93. The molecule has 1 aromatic carbocycles. The Morgan fingerprint density at radius 2 is 2.14 bits per heavy atom. The van der Waals surface area contributed by atoms with Crippen molar-refractivity contribution in [3.05, 3.63) is 23.9 Å². The van der Waals surface area contributed by atoms with Crippen LogP contribution in [0.25, 0.3) is 10.9 Å². The van der Waals surface area contributed by atoms with E-state index in [0.29, 0.717) is 28.8 Å². The third kappa shape index (κ3) is 2.20. The van der Waals surface area contributed by atoms with Crippen molar-refractivity contribution in [2.45, 2.75) is 32.1 Å². The summed E-state index contributed by atoms with van der Waals surface area (Å²) in [6, 6.07) is 3.53. The molecule has 0 radical (unpaired) electrons. The van der Waals surface area contributed by atoms with E-state index in [0.717, 1.165) is 44.3 Å². The number of aromatic nitrogens is 2. The van der Waals surface area contributed by atoms with Crippen LogP contribution in [0, 0.1) is 11.3 Å². The van der Waals surface area contributed by atoms with E-state index in [2.05, 4.69) is 10.2 Å². The minimum Gasteiger partial charge on any atom is -0.505 e. The molecule has 116 valence electrons. The van der Waals surface area contributed by atoms with E-state index in [1.165, 1.54) is 0 Å². The summed E-state index contributed by atoms with van der Waals surface area (Å²) < 4.78 is 5.34. The van der Waals surface area contributed by atoms with E-state index in [1.54, 1.807) is 12.3 Å². The van der Waals surface area contributed by atoms with Crippen LogP contribution in [0.3, 0.4) is 0 Å². The minimum absolute atomic E-state index is 0.0275. The SMILES string of the molecule is O=C(CC1CCC2(CC1)COC2)c1ccc2cn[nH]c2c1O. The second-order valence-electron chi connectivity index (χ2n) is 6.86. The maximum Gasteiger partial charge on any atom is 0.166 e. The number of phenolic OH excluding ortho intramolecular Hbond substituents is 1. The standard InChI is InChI=1S/C17H20N2O3/c20-14(7-11-3-5-17(6-4-11)9-22-10-17)13-2-1-12-8-18-19-15(12)16(13)21/h1-2,8,11,21H,3-7,9-10H2,(H,18,19). The van der Waals surface area contributed by atoms with Gasteiger partial charge in [-0.2, -0.15) is 5.10 Å². The molecule has 22 heavy (non-hydrogen) atoms. The Morgan fingerprint density at radius 1 is 1.36 bits per heavy atom. The van der Waals surface area contributed by atoms with Gasteiger partial charge in [0.1, 0.15) is 5.52 Å². The van der Waals surface area contributed by atoms with Gasteiger partial charge >= 0.3 is 0 Å². The summed E-state index contributed by atoms with van der Waals surface area (Å²) in [4.78, 5) is 12.5. The highest BCUT2D eigenvalue weighted by Gasteiger charge is 2.41. The van der Waals surface area contributed by atoms with Crippen molar-refractivity contribution in [2.24, 2.45) is 11.3 Å². The maximum atomic E-state index is 12.5. The number of aromatic amines is 1. The number of hydrogen-bond acceptors (Lipinski definition) is 4. The molecule has 2 heterocycles. The highest BCUT2D eigenvalue weighted by Crippen LogP contribution is 2.45. The summed E-state index contributed by atoms with van der Waals surface area (Å²) >= 11 is 0. The molecular formula is C17H20N2O3. The van der Waals surface area contributed by atoms with Gasteiger partial charge in [-0.15, -0.1) is 0 Å². The average molecular weight is 300 g/mol. The summed E-state index contributed by atoms with van der Waals surface area (Å²) in [6.45, 7) is 1.79. The number of nitrogens with one attached hydrogen (secondary N) is 1. The number of nitrogens with zero attached hydrogens (tertiary/aromatic N) is 1. The Balaban J connectivity index is 1.46. The summed E-state index contributed by atoms with van der Waals surface area (Å²) in [5, 5.41) is 17.7. The third-order valence-corrected chi connectivity index (χ3v) is 5.35. The highest BCUT2D eigenvalue weighted by atomic mass is 16.5. The predicted molar refractivity (Wildman–Crippen MR) is 81.9 cm³/mol. The van der Waals surface area contributed by atoms with Crippen molar-refractivity contribution in [1.29, 1.82) is 0 Å². The summed E-state index contributed by atoms with van der Waals surface area (Å²) in [7, 11) is 0. The number of ether oxygens (including phenoxy) is 1. The lowest BCUT2D eigenvalue weighted by Gasteiger charge is -2.46. The van der Waals surface area contributed by atoms with E-state index < -0.39 is 0 Å². The molecule has 2 aromatic rings. The quantitative estimate of drug-likeness (QED) is 0.854. The molecule has 1 saturated carbocycles. The first kappa shape index (κ1) is 13.8. The third-order valence-electron chi connectivity index (χ3n) is 5.35. The Hall–Kier alpha value is -1.88. The number of carbonyl (C=O) groups excluding carboxylic acids is 1. The summed E-state index contributed by atoms with van der Waals surface area (Å²) in [6.07, 6.45) is 6.66. The summed E-state index contributed by atoms with van der Waals surface area (Å²) in [5.41, 5.74) is 1.36. The molecule has 0 amide bonds. The second kappa shape index (κ2) is 5.09. The maximum absolute atomic E-state index is 12.5. The number of Topliss-reactive ketones (excluding diaryl/α,β-unsaturated/α-hetero) is 1. The Labute approximate surface area is 128 Å². The molecule has 1 spiro atoms. The van der Waals surface area contributed by atoms with Crippen LogP contribution in [0.5, 0.6) is 5.75 Å². The fraction of sp³-hybridized carbons (Fsp3) is 0.529. The van der Waals surface area contributed by atoms with Crippen molar-refractivity contribution in [3.63, 3.8) is 0 Å². The number of ketones is 1. The van der Waals surface area contributed by atoms with E-state index in [1.807, 2.05) is 6.07 Å². The van der Waals surface area contributed by atoms with Gasteiger partial charge in [-0.3, -0.25) is 9.89 Å². The van der Waals surface area contributed by atoms with Gasteiger partial charge in [-0.25, -0.2) is 0 Å². The zero-order valence-electron chi connectivity index (χ0n) is 12.5. The minimum atomic E-state index is 0.0275. The molecule has 1 saturated heterocycles. The van der Waals surface area contributed by atoms with E-state index in [-0.39, 0.29) is 11.5 Å². The number of aromatic hydroxyl groups is 1. The normalized spacial score (nSPS) is 21.1. The fourth-order valence-corrected chi connectivity index (χ4v) is 3.77. The van der Waals surface area contributed by atoms with Gasteiger partial charge in [0.05, 0.1) is 25.0 Å². The molecule has 0 unspecified atom stereocenters. The van der Waals surface area contributed by atoms with Gasteiger partial charge in [-0.05, 0) is 37.7 Å². The molecule has 1 aliphatic heterocycles. The first-order valence-electron chi connectivity index (χ1n) is 7.93. The van der Waals surface area contributed by atoms with Crippen LogP contribution in [0.2, 0.25) is 0 Å². The van der Waals surface area contributed by atoms with Crippen molar-refractivity contribution in [1.82, 2.24) is 10.2 Å². The topological polar surface area (TPSA) is 75.2 Å². The lowest BCUT2D eigenvalue weighted by Crippen LogP contribution is -2.45. The van der Waals surface area contributed by atoms with Crippen molar-refractivity contribution >= 4 is 16.7 Å². The molecule has 1 aliphatic carbocycles. The van der Waals surface area contributed by atoms with Gasteiger partial charge in [0.25, 0.3) is 0 Å². The van der Waals surface area contributed by atoms with Crippen LogP contribution in [-0.2, 0) is 4.74 Å². The van der Waals surface area contributed by atoms with E-state index in [4.69, 9.17) is 4.74 Å². The first-order chi connectivity index (χ1) is 10.7. The Bertz CT molecular complexity index is 708. The number of H-pyrrole nitrogens is 1. The van der Waals surface area contributed by atoms with Gasteiger partial charge < -0.3 is 9.84 Å². The van der Waals surface area contributed by atoms with Crippen LogP contribution in [0.1, 0.15) is 42.5 Å². The van der Waals surface area contributed by atoms with E-state index >= 15 is 0 Å². The van der Waals surface area contributed by atoms with Gasteiger partial charge in [0.15, 0.2) is 11.5 Å². The lowest BCUT2D eigenvalue weighted by atomic mass is 9.68. The molecule has 0 bridgehead atoms. The van der Waals surface area contributed by atoms with Crippen LogP contribution < -0.4 is 0 Å². The van der Waals surface area contributed by atoms with Crippen LogP contribution in [0.4, 0.5) is 0 Å². The number of benzene rings is 1. The lowest BCUT2D eigenvalue weighted by molar-refractivity contribution is -0.136. The zero-order valence-corrected chi connectivity index (χ0v) is 12.5. The van der Waals surface area contributed by atoms with Crippen LogP contribution in [-0.4, -0.2) is 34.3 Å². The largest absolute Gasteiger partial charge is 0.505 e. The Morgan fingerprint density at radius 3 is 2.82 bits per heavy atom. The number of rotatable bonds is 3. The number of hydrogen-bond donors (Lipinski definition) is 2. The van der Waals surface area contributed by atoms with Crippen molar-refractivity contribution in [2.75, 3.05) is 13.2 Å². The summed E-state index contributed by atoms with van der Waals surface area (Å²) in [5.74, 6) is 0.482. The molecule has 2 fully saturated rings. The van der Waals surface area contributed by atoms with Gasteiger partial charge in [0, 0.05) is 17.2 Å². The van der Waals surface area contributed by atoms with Gasteiger partial charge in [-0.1, -0.05) is 6.07 Å². The number of fused-ring (bicyclic) bond motifs is 1. The molecule has 2 aliphatic rings. The molecule has 5 heteroatoms. The van der Waals surface area contributed by atoms with E-state index in [9.17, 15) is 9.90 Å². The molecule has 1 aromatic heterocycles. The fourth-order valence-electron chi connectivity index (χ4n) is 3.77. The highest BCUT2D eigenvalue weighted by molar-refractivity contribution is 6.03. The van der Waals surface area contributed by atoms with Crippen molar-refractivity contribution in [3.8, 4) is 5.75 Å². The molecule has 0 atom stereocenters. The number of phenols is 1. The smallest absolute Gasteiger partial charge is 0.166 e. The second-order valence-corrected chi connectivity index (χ2v) is 6.86. The average Bonchev–Trinajstić information content (AvgIpc) is 2.96. The molecule has 2 N–H and O–H groups in total. The van der Waals surface area contributed by atoms with Crippen LogP contribution >= 0.6 is 0 Å². The van der Waals surface area contributed by atoms with Crippen LogP contribution in [0.15, 0.2) is 18.3 Å². The monoisotopic (exact) mass is 300 g/mol. The molecule has 4 rings (SSSR count). The Kier molecular flexibility index (Phi) is 3.18. The zero-order chi connectivity index (χ0) is 15.2. The molecular weight excluding hydrogens is 280 g/mol. The predicted octanol–water partition coefficient (Wildman–Crippen LogP) is 3.05.